The van der Waals surface area contributed by atoms with E-state index in [4.69, 9.17) is 0 Å². The summed E-state index contributed by atoms with van der Waals surface area (Å²) in [5, 5.41) is 3.38. The third-order valence-electron chi connectivity index (χ3n) is 8.50. The van der Waals surface area contributed by atoms with E-state index in [2.05, 4.69) is 41.4 Å². The summed E-state index contributed by atoms with van der Waals surface area (Å²) < 4.78 is 28.0. The van der Waals surface area contributed by atoms with Crippen LogP contribution in [-0.4, -0.2) is 29.9 Å². The van der Waals surface area contributed by atoms with Gasteiger partial charge in [0.1, 0.15) is 11.6 Å². The molecule has 202 valence electrons. The molecule has 1 aliphatic heterocycles. The number of amides is 1. The maximum absolute atomic E-state index is 14.0. The van der Waals surface area contributed by atoms with Gasteiger partial charge in [-0.2, -0.15) is 0 Å². The number of likely N-dealkylation sites (tertiary alicyclic amines) is 1. The molecule has 37 heavy (non-hydrogen) atoms. The van der Waals surface area contributed by atoms with Crippen LogP contribution in [0.1, 0.15) is 82.3 Å². The van der Waals surface area contributed by atoms with Gasteiger partial charge in [0.05, 0.1) is 0 Å². The quantitative estimate of drug-likeness (QED) is 0.322. The first-order chi connectivity index (χ1) is 18.0. The van der Waals surface area contributed by atoms with Gasteiger partial charge in [0.25, 0.3) is 0 Å². The number of carbonyl (C=O) groups excluding carboxylic acids is 1. The zero-order chi connectivity index (χ0) is 26.0. The topological polar surface area (TPSA) is 32.3 Å². The average Bonchev–Trinajstić information content (AvgIpc) is 2.89. The van der Waals surface area contributed by atoms with Gasteiger partial charge in [0.2, 0.25) is 5.91 Å². The Morgan fingerprint density at radius 2 is 1.70 bits per heavy atom. The van der Waals surface area contributed by atoms with Crippen molar-refractivity contribution in [2.75, 3.05) is 13.1 Å². The van der Waals surface area contributed by atoms with Crippen LogP contribution in [0.4, 0.5) is 8.78 Å². The van der Waals surface area contributed by atoms with Crippen LogP contribution in [0, 0.1) is 29.4 Å². The molecule has 1 N–H and O–H groups in total. The minimum absolute atomic E-state index is 0.0539. The lowest BCUT2D eigenvalue weighted by Gasteiger charge is -2.38. The van der Waals surface area contributed by atoms with Crippen LogP contribution in [0.5, 0.6) is 0 Å². The molecule has 1 aliphatic carbocycles. The highest BCUT2D eigenvalue weighted by atomic mass is 19.1. The monoisotopic (exact) mass is 510 g/mol. The molecule has 2 fully saturated rings. The Morgan fingerprint density at radius 3 is 2.41 bits per heavy atom. The van der Waals surface area contributed by atoms with Gasteiger partial charge in [-0.25, -0.2) is 8.78 Å². The van der Waals surface area contributed by atoms with Gasteiger partial charge in [0.15, 0.2) is 0 Å². The molecule has 5 heteroatoms. The van der Waals surface area contributed by atoms with E-state index in [-0.39, 0.29) is 23.8 Å². The Hall–Kier alpha value is -2.27. The SMILES string of the molecule is CCCCC[C@H]1CC[C@H](C(=O)NC(Cc2cc(F)cc(F)c2)C2CCCN(Cc3ccccc3)C2)CC1. The number of nitrogens with zero attached hydrogens (tertiary/aromatic N) is 1. The molecule has 0 aromatic heterocycles. The van der Waals surface area contributed by atoms with Crippen molar-refractivity contribution >= 4 is 5.91 Å². The van der Waals surface area contributed by atoms with Gasteiger partial charge in [-0.15, -0.1) is 0 Å². The lowest BCUT2D eigenvalue weighted by molar-refractivity contribution is -0.127. The van der Waals surface area contributed by atoms with Crippen molar-refractivity contribution in [3.05, 3.63) is 71.3 Å². The molecule has 0 spiro atoms. The van der Waals surface area contributed by atoms with Crippen molar-refractivity contribution in [2.24, 2.45) is 17.8 Å². The van der Waals surface area contributed by atoms with Crippen LogP contribution in [0.2, 0.25) is 0 Å². The number of hydrogen-bond acceptors (Lipinski definition) is 2. The highest BCUT2D eigenvalue weighted by Crippen LogP contribution is 2.33. The summed E-state index contributed by atoms with van der Waals surface area (Å²) in [6, 6.07) is 14.1. The molecule has 3 nitrogen and oxygen atoms in total. The van der Waals surface area contributed by atoms with E-state index in [0.29, 0.717) is 12.0 Å². The van der Waals surface area contributed by atoms with Gasteiger partial charge < -0.3 is 5.32 Å². The standard InChI is InChI=1S/C32H44F2N2O/c1-2-3-5-9-24-13-15-27(16-14-24)32(37)35-31(20-26-18-29(33)21-30(34)19-26)28-12-8-17-36(23-28)22-25-10-6-4-7-11-25/h4,6-7,10-11,18-19,21,24,27-28,31H,2-3,5,8-9,12-17,20,22-23H2,1H3,(H,35,37)/t24-,27-,28?,31?. The molecule has 2 unspecified atom stereocenters. The molecule has 1 saturated heterocycles. The molecule has 0 radical (unpaired) electrons. The molecular formula is C32H44F2N2O. The smallest absolute Gasteiger partial charge is 0.223 e. The van der Waals surface area contributed by atoms with E-state index in [1.165, 1.54) is 43.4 Å². The summed E-state index contributed by atoms with van der Waals surface area (Å²) in [6.45, 7) is 5.03. The maximum Gasteiger partial charge on any atom is 0.223 e. The van der Waals surface area contributed by atoms with Gasteiger partial charge >= 0.3 is 0 Å². The predicted octanol–water partition coefficient (Wildman–Crippen LogP) is 7.29. The number of unbranched alkanes of at least 4 members (excludes halogenated alkanes) is 2. The highest BCUT2D eigenvalue weighted by Gasteiger charge is 2.32. The number of carbonyl (C=O) groups is 1. The molecule has 4 rings (SSSR count). The Balaban J connectivity index is 1.41. The van der Waals surface area contributed by atoms with Crippen LogP contribution in [0.3, 0.4) is 0 Å². The van der Waals surface area contributed by atoms with Gasteiger partial charge in [-0.3, -0.25) is 9.69 Å². The van der Waals surface area contributed by atoms with E-state index in [1.807, 2.05) is 6.07 Å². The first kappa shape index (κ1) is 27.8. The fraction of sp³-hybridized carbons (Fsp3) is 0.594. The van der Waals surface area contributed by atoms with E-state index >= 15 is 0 Å². The van der Waals surface area contributed by atoms with E-state index < -0.39 is 11.6 Å². The first-order valence-electron chi connectivity index (χ1n) is 14.5. The molecule has 2 atom stereocenters. The van der Waals surface area contributed by atoms with Crippen LogP contribution in [-0.2, 0) is 17.8 Å². The van der Waals surface area contributed by atoms with E-state index in [0.717, 1.165) is 70.1 Å². The molecule has 2 aromatic carbocycles. The lowest BCUT2D eigenvalue weighted by Crippen LogP contribution is -2.50. The lowest BCUT2D eigenvalue weighted by atomic mass is 9.79. The summed E-state index contributed by atoms with van der Waals surface area (Å²) in [5.74, 6) is 0.0727. The molecular weight excluding hydrogens is 466 g/mol. The van der Waals surface area contributed by atoms with Crippen LogP contribution < -0.4 is 5.32 Å². The fourth-order valence-corrected chi connectivity index (χ4v) is 6.42. The molecule has 2 aromatic rings. The molecule has 2 aliphatic rings. The first-order valence-corrected chi connectivity index (χ1v) is 14.5. The largest absolute Gasteiger partial charge is 0.352 e. The van der Waals surface area contributed by atoms with Crippen LogP contribution in [0.25, 0.3) is 0 Å². The van der Waals surface area contributed by atoms with Crippen molar-refractivity contribution < 1.29 is 13.6 Å². The third-order valence-corrected chi connectivity index (χ3v) is 8.50. The molecule has 0 bridgehead atoms. The Morgan fingerprint density at radius 1 is 0.973 bits per heavy atom. The number of benzene rings is 2. The summed E-state index contributed by atoms with van der Waals surface area (Å²) in [7, 11) is 0. The Kier molecular flexibility index (Phi) is 10.5. The Bertz CT molecular complexity index is 954. The van der Waals surface area contributed by atoms with E-state index in [1.54, 1.807) is 0 Å². The summed E-state index contributed by atoms with van der Waals surface area (Å²) in [6.07, 6.45) is 11.8. The van der Waals surface area contributed by atoms with Crippen LogP contribution >= 0.6 is 0 Å². The van der Waals surface area contributed by atoms with Crippen molar-refractivity contribution in [3.63, 3.8) is 0 Å². The second-order valence-corrected chi connectivity index (χ2v) is 11.4. The summed E-state index contributed by atoms with van der Waals surface area (Å²) >= 11 is 0. The molecule has 1 heterocycles. The number of nitrogens with one attached hydrogen (secondary N) is 1. The predicted molar refractivity (Wildman–Crippen MR) is 146 cm³/mol. The third kappa shape index (κ3) is 8.63. The zero-order valence-electron chi connectivity index (χ0n) is 22.4. The molecule has 1 amide bonds. The summed E-state index contributed by atoms with van der Waals surface area (Å²) in [5.41, 5.74) is 1.90. The van der Waals surface area contributed by atoms with Crippen molar-refractivity contribution in [1.29, 1.82) is 0 Å². The fourth-order valence-electron chi connectivity index (χ4n) is 6.42. The highest BCUT2D eigenvalue weighted by molar-refractivity contribution is 5.79. The van der Waals surface area contributed by atoms with Gasteiger partial charge in [-0.1, -0.05) is 62.9 Å². The second-order valence-electron chi connectivity index (χ2n) is 11.4. The second kappa shape index (κ2) is 14.0. The normalized spacial score (nSPS) is 23.5. The Labute approximate surface area is 222 Å². The number of piperidine rings is 1. The van der Waals surface area contributed by atoms with Crippen molar-refractivity contribution in [1.82, 2.24) is 10.2 Å². The maximum atomic E-state index is 14.0. The summed E-state index contributed by atoms with van der Waals surface area (Å²) in [4.78, 5) is 15.9. The van der Waals surface area contributed by atoms with Gasteiger partial charge in [0, 0.05) is 31.1 Å². The average molecular weight is 511 g/mol. The number of rotatable bonds is 11. The number of halogens is 2. The van der Waals surface area contributed by atoms with Crippen molar-refractivity contribution in [3.8, 4) is 0 Å². The number of hydrogen-bond donors (Lipinski definition) is 1. The zero-order valence-corrected chi connectivity index (χ0v) is 22.4. The minimum atomic E-state index is -0.559. The van der Waals surface area contributed by atoms with Crippen molar-refractivity contribution in [2.45, 2.75) is 90.1 Å². The van der Waals surface area contributed by atoms with E-state index in [9.17, 15) is 13.6 Å². The molecule has 1 saturated carbocycles. The van der Waals surface area contributed by atoms with Crippen LogP contribution in [0.15, 0.2) is 48.5 Å². The minimum Gasteiger partial charge on any atom is -0.352 e. The van der Waals surface area contributed by atoms with Gasteiger partial charge in [-0.05, 0) is 86.6 Å².